The van der Waals surface area contributed by atoms with E-state index >= 15 is 0 Å². The van der Waals surface area contributed by atoms with Gasteiger partial charge < -0.3 is 14.1 Å². The number of aryl methyl sites for hydroxylation is 1. The molecule has 4 aromatic rings. The highest BCUT2D eigenvalue weighted by Crippen LogP contribution is 2.33. The van der Waals surface area contributed by atoms with Crippen molar-refractivity contribution < 1.29 is 18.3 Å². The number of carbonyl (C=O) groups is 1. The Hall–Kier alpha value is -3.64. The molecule has 1 aliphatic rings. The van der Waals surface area contributed by atoms with Crippen LogP contribution in [0.15, 0.2) is 69.9 Å². The summed E-state index contributed by atoms with van der Waals surface area (Å²) < 4.78 is 26.0. The van der Waals surface area contributed by atoms with Crippen molar-refractivity contribution in [3.8, 4) is 16.9 Å². The zero-order valence-electron chi connectivity index (χ0n) is 17.7. The van der Waals surface area contributed by atoms with Gasteiger partial charge in [0.2, 0.25) is 5.43 Å². The molecule has 0 saturated carbocycles. The first-order valence-corrected chi connectivity index (χ1v) is 10.8. The van der Waals surface area contributed by atoms with Crippen LogP contribution in [0.25, 0.3) is 22.1 Å². The molecule has 7 heteroatoms. The maximum atomic E-state index is 14.4. The minimum atomic E-state index is -0.598. The molecule has 166 valence electrons. The van der Waals surface area contributed by atoms with Crippen LogP contribution < -0.4 is 15.1 Å². The molecule has 5 nitrogen and oxygen atoms in total. The second-order valence-corrected chi connectivity index (χ2v) is 8.24. The summed E-state index contributed by atoms with van der Waals surface area (Å²) in [6, 6.07) is 16.7. The summed E-state index contributed by atoms with van der Waals surface area (Å²) in [4.78, 5) is 27.5. The van der Waals surface area contributed by atoms with E-state index in [0.29, 0.717) is 12.3 Å². The van der Waals surface area contributed by atoms with Crippen LogP contribution >= 0.6 is 11.6 Å². The summed E-state index contributed by atoms with van der Waals surface area (Å²) in [6.07, 6.45) is 0.816. The van der Waals surface area contributed by atoms with Gasteiger partial charge in [-0.3, -0.25) is 9.59 Å². The molecule has 0 aliphatic carbocycles. The van der Waals surface area contributed by atoms with Gasteiger partial charge in [0.05, 0.1) is 16.0 Å². The van der Waals surface area contributed by atoms with Gasteiger partial charge in [-0.05, 0) is 49.2 Å². The Morgan fingerprint density at radius 1 is 1.12 bits per heavy atom. The van der Waals surface area contributed by atoms with E-state index in [1.165, 1.54) is 18.2 Å². The summed E-state index contributed by atoms with van der Waals surface area (Å²) in [5.41, 5.74) is 2.04. The summed E-state index contributed by atoms with van der Waals surface area (Å²) in [6.45, 7) is 2.06. The first-order valence-electron chi connectivity index (χ1n) is 10.5. The minimum Gasteiger partial charge on any atom is -0.484 e. The van der Waals surface area contributed by atoms with Gasteiger partial charge >= 0.3 is 0 Å². The van der Waals surface area contributed by atoms with Crippen molar-refractivity contribution in [2.75, 3.05) is 18.1 Å². The number of nitrogens with zero attached hydrogens (tertiary/aromatic N) is 1. The van der Waals surface area contributed by atoms with E-state index in [2.05, 4.69) is 0 Å². The van der Waals surface area contributed by atoms with Crippen molar-refractivity contribution in [3.63, 3.8) is 0 Å². The summed E-state index contributed by atoms with van der Waals surface area (Å²) >= 11 is 6.16. The molecule has 0 bridgehead atoms. The van der Waals surface area contributed by atoms with E-state index in [1.807, 2.05) is 24.3 Å². The number of hydrogen-bond acceptors (Lipinski definition) is 4. The Morgan fingerprint density at radius 2 is 1.94 bits per heavy atom. The molecule has 0 fully saturated rings. The van der Waals surface area contributed by atoms with Crippen LogP contribution in [-0.4, -0.2) is 19.1 Å². The highest BCUT2D eigenvalue weighted by molar-refractivity contribution is 6.33. The van der Waals surface area contributed by atoms with Gasteiger partial charge in [0.1, 0.15) is 22.9 Å². The molecule has 5 rings (SSSR count). The smallest absolute Gasteiger partial charge is 0.264 e. The van der Waals surface area contributed by atoms with Crippen molar-refractivity contribution >= 4 is 34.2 Å². The van der Waals surface area contributed by atoms with E-state index in [-0.39, 0.29) is 45.4 Å². The molecule has 3 aromatic carbocycles. The van der Waals surface area contributed by atoms with Gasteiger partial charge in [-0.15, -0.1) is 0 Å². The van der Waals surface area contributed by atoms with Gasteiger partial charge in [0, 0.05) is 23.9 Å². The second kappa shape index (κ2) is 8.37. The largest absolute Gasteiger partial charge is 0.484 e. The average molecular weight is 464 g/mol. The van der Waals surface area contributed by atoms with Crippen molar-refractivity contribution in [2.45, 2.75) is 13.3 Å². The molecule has 0 radical (unpaired) electrons. The van der Waals surface area contributed by atoms with Crippen LogP contribution in [0.1, 0.15) is 11.3 Å². The molecule has 1 aromatic heterocycles. The van der Waals surface area contributed by atoms with Gasteiger partial charge in [-0.2, -0.15) is 0 Å². The van der Waals surface area contributed by atoms with Crippen molar-refractivity contribution in [2.24, 2.45) is 0 Å². The number of hydrogen-bond donors (Lipinski definition) is 0. The molecular formula is C26H19ClFNO4. The number of benzene rings is 3. The fraction of sp³-hybridized carbons (Fsp3) is 0.154. The lowest BCUT2D eigenvalue weighted by atomic mass is 10.0. The Balaban J connectivity index is 1.42. The predicted molar refractivity (Wildman–Crippen MR) is 126 cm³/mol. The third kappa shape index (κ3) is 3.76. The molecule has 1 aliphatic heterocycles. The molecule has 2 heterocycles. The third-order valence-corrected chi connectivity index (χ3v) is 6.12. The predicted octanol–water partition coefficient (Wildman–Crippen LogP) is 5.53. The van der Waals surface area contributed by atoms with Gasteiger partial charge in [0.25, 0.3) is 5.91 Å². The molecule has 0 atom stereocenters. The van der Waals surface area contributed by atoms with Crippen molar-refractivity contribution in [3.05, 3.63) is 93.1 Å². The van der Waals surface area contributed by atoms with Gasteiger partial charge in [-0.1, -0.05) is 35.9 Å². The zero-order valence-corrected chi connectivity index (χ0v) is 18.5. The number of rotatable bonds is 4. The van der Waals surface area contributed by atoms with E-state index in [9.17, 15) is 14.0 Å². The lowest BCUT2D eigenvalue weighted by molar-refractivity contribution is -0.120. The molecule has 1 amide bonds. The quantitative estimate of drug-likeness (QED) is 0.399. The Labute approximate surface area is 194 Å². The normalized spacial score (nSPS) is 12.8. The molecule has 0 unspecified atom stereocenters. The molecular weight excluding hydrogens is 445 g/mol. The van der Waals surface area contributed by atoms with Crippen LogP contribution in [0.2, 0.25) is 5.02 Å². The molecule has 33 heavy (non-hydrogen) atoms. The highest BCUT2D eigenvalue weighted by Gasteiger charge is 2.24. The van der Waals surface area contributed by atoms with Crippen molar-refractivity contribution in [1.29, 1.82) is 0 Å². The fourth-order valence-corrected chi connectivity index (χ4v) is 4.48. The number of amides is 1. The lowest BCUT2D eigenvalue weighted by Gasteiger charge is -2.17. The van der Waals surface area contributed by atoms with E-state index in [0.717, 1.165) is 17.7 Å². The second-order valence-electron chi connectivity index (χ2n) is 7.83. The zero-order chi connectivity index (χ0) is 23.1. The maximum Gasteiger partial charge on any atom is 0.264 e. The number of ether oxygens (including phenoxy) is 1. The number of anilines is 1. The standard InChI is InChI=1S/C26H19ClFNO4/c1-15-24(25-19(27)6-4-7-20(25)28)26(31)18-10-9-17(13-22(18)33-15)32-14-23(30)29-12-11-16-5-2-3-8-21(16)29/h2-10,13H,11-12,14H2,1H3. The monoisotopic (exact) mass is 463 g/mol. The molecule has 0 saturated heterocycles. The number of halogens is 2. The van der Waals surface area contributed by atoms with Crippen molar-refractivity contribution in [1.82, 2.24) is 0 Å². The number of para-hydroxylation sites is 1. The first kappa shape index (κ1) is 21.2. The Kier molecular flexibility index (Phi) is 5.38. The topological polar surface area (TPSA) is 59.8 Å². The third-order valence-electron chi connectivity index (χ3n) is 5.80. The summed E-state index contributed by atoms with van der Waals surface area (Å²) in [5.74, 6) is -0.120. The van der Waals surface area contributed by atoms with E-state index < -0.39 is 11.2 Å². The molecule has 0 spiro atoms. The summed E-state index contributed by atoms with van der Waals surface area (Å²) in [7, 11) is 0. The fourth-order valence-electron chi connectivity index (χ4n) is 4.22. The highest BCUT2D eigenvalue weighted by atomic mass is 35.5. The van der Waals surface area contributed by atoms with Crippen LogP contribution in [0.3, 0.4) is 0 Å². The molecule has 0 N–H and O–H groups in total. The number of carbonyl (C=O) groups excluding carboxylic acids is 1. The lowest BCUT2D eigenvalue weighted by Crippen LogP contribution is -2.33. The Morgan fingerprint density at radius 3 is 2.76 bits per heavy atom. The first-order chi connectivity index (χ1) is 15.9. The van der Waals surface area contributed by atoms with Gasteiger partial charge in [0.15, 0.2) is 6.61 Å². The van der Waals surface area contributed by atoms with E-state index in [1.54, 1.807) is 30.0 Å². The van der Waals surface area contributed by atoms with E-state index in [4.69, 9.17) is 20.8 Å². The minimum absolute atomic E-state index is 0.0177. The van der Waals surface area contributed by atoms with Gasteiger partial charge in [-0.25, -0.2) is 4.39 Å². The SMILES string of the molecule is Cc1oc2cc(OCC(=O)N3CCc4ccccc43)ccc2c(=O)c1-c1c(F)cccc1Cl. The van der Waals surface area contributed by atoms with Crippen LogP contribution in [0, 0.1) is 12.7 Å². The number of fused-ring (bicyclic) bond motifs is 2. The average Bonchev–Trinajstić information content (AvgIpc) is 3.23. The van der Waals surface area contributed by atoms with Crippen LogP contribution in [-0.2, 0) is 11.2 Å². The Bertz CT molecular complexity index is 1440. The maximum absolute atomic E-state index is 14.4. The van der Waals surface area contributed by atoms with Crippen LogP contribution in [0.4, 0.5) is 10.1 Å². The van der Waals surface area contributed by atoms with Crippen LogP contribution in [0.5, 0.6) is 5.75 Å². The summed E-state index contributed by atoms with van der Waals surface area (Å²) in [5, 5.41) is 0.397.